The standard InChI is InChI=1S/C16H25NO/c1-10(2)13-8-14(12(4)7-16(13)18-5)15-6-11(3)9-17-15/h7-8,10-11,15,17H,6,9H2,1-5H3/t11-,15-/m0/s1. The average molecular weight is 247 g/mol. The molecule has 1 heterocycles. The first kappa shape index (κ1) is 13.4. The first-order chi connectivity index (χ1) is 8.52. The Bertz CT molecular complexity index is 425. The zero-order valence-corrected chi connectivity index (χ0v) is 12.2. The molecule has 1 aliphatic heterocycles. The van der Waals surface area contributed by atoms with E-state index < -0.39 is 0 Å². The first-order valence-corrected chi connectivity index (χ1v) is 6.94. The van der Waals surface area contributed by atoms with Crippen molar-refractivity contribution in [2.45, 2.75) is 46.1 Å². The Kier molecular flexibility index (Phi) is 3.96. The molecular weight excluding hydrogens is 222 g/mol. The summed E-state index contributed by atoms with van der Waals surface area (Å²) in [6.45, 7) is 10.1. The fourth-order valence-corrected chi connectivity index (χ4v) is 2.87. The number of hydrogen-bond acceptors (Lipinski definition) is 2. The van der Waals surface area contributed by atoms with Gasteiger partial charge in [0, 0.05) is 6.04 Å². The van der Waals surface area contributed by atoms with Gasteiger partial charge in [-0.3, -0.25) is 0 Å². The lowest BCUT2D eigenvalue weighted by Gasteiger charge is -2.20. The van der Waals surface area contributed by atoms with E-state index in [1.807, 2.05) is 0 Å². The van der Waals surface area contributed by atoms with Crippen molar-refractivity contribution in [3.05, 3.63) is 28.8 Å². The predicted molar refractivity (Wildman–Crippen MR) is 76.3 cm³/mol. The van der Waals surface area contributed by atoms with Gasteiger partial charge in [-0.2, -0.15) is 0 Å². The van der Waals surface area contributed by atoms with Crippen molar-refractivity contribution in [1.29, 1.82) is 0 Å². The molecular formula is C16H25NO. The molecule has 1 fully saturated rings. The lowest BCUT2D eigenvalue weighted by molar-refractivity contribution is 0.406. The molecule has 2 nitrogen and oxygen atoms in total. The lowest BCUT2D eigenvalue weighted by atomic mass is 9.91. The number of rotatable bonds is 3. The van der Waals surface area contributed by atoms with Crippen LogP contribution in [0.25, 0.3) is 0 Å². The zero-order valence-electron chi connectivity index (χ0n) is 12.2. The van der Waals surface area contributed by atoms with Gasteiger partial charge in [0.25, 0.3) is 0 Å². The van der Waals surface area contributed by atoms with Crippen molar-refractivity contribution in [2.24, 2.45) is 5.92 Å². The Morgan fingerprint density at radius 1 is 1.33 bits per heavy atom. The zero-order chi connectivity index (χ0) is 13.3. The second-order valence-corrected chi connectivity index (χ2v) is 5.91. The molecule has 0 unspecified atom stereocenters. The van der Waals surface area contributed by atoms with Gasteiger partial charge < -0.3 is 10.1 Å². The Morgan fingerprint density at radius 2 is 2.06 bits per heavy atom. The third-order valence-electron chi connectivity index (χ3n) is 3.97. The highest BCUT2D eigenvalue weighted by Gasteiger charge is 2.24. The number of nitrogens with one attached hydrogen (secondary N) is 1. The van der Waals surface area contributed by atoms with Crippen LogP contribution in [0.4, 0.5) is 0 Å². The Hall–Kier alpha value is -1.02. The highest BCUT2D eigenvalue weighted by atomic mass is 16.5. The second kappa shape index (κ2) is 5.31. The van der Waals surface area contributed by atoms with E-state index >= 15 is 0 Å². The van der Waals surface area contributed by atoms with Gasteiger partial charge in [-0.25, -0.2) is 0 Å². The number of benzene rings is 1. The molecule has 1 aliphatic rings. The largest absolute Gasteiger partial charge is 0.496 e. The molecule has 0 amide bonds. The fourth-order valence-electron chi connectivity index (χ4n) is 2.87. The molecule has 2 atom stereocenters. The molecule has 2 heteroatoms. The van der Waals surface area contributed by atoms with Crippen LogP contribution in [0, 0.1) is 12.8 Å². The van der Waals surface area contributed by atoms with Crippen molar-refractivity contribution in [2.75, 3.05) is 13.7 Å². The summed E-state index contributed by atoms with van der Waals surface area (Å²) >= 11 is 0. The van der Waals surface area contributed by atoms with Crippen molar-refractivity contribution in [1.82, 2.24) is 5.32 Å². The summed E-state index contributed by atoms with van der Waals surface area (Å²) in [6, 6.07) is 5.05. The van der Waals surface area contributed by atoms with Crippen LogP contribution >= 0.6 is 0 Å². The third-order valence-corrected chi connectivity index (χ3v) is 3.97. The minimum atomic E-state index is 0.498. The van der Waals surface area contributed by atoms with E-state index in [0.717, 1.165) is 18.2 Å². The van der Waals surface area contributed by atoms with Crippen LogP contribution in [-0.4, -0.2) is 13.7 Å². The van der Waals surface area contributed by atoms with E-state index in [9.17, 15) is 0 Å². The SMILES string of the molecule is COc1cc(C)c([C@@H]2C[C@H](C)CN2)cc1C(C)C. The van der Waals surface area contributed by atoms with Gasteiger partial charge in [-0.1, -0.05) is 26.8 Å². The average Bonchev–Trinajstić information content (AvgIpc) is 2.74. The summed E-state index contributed by atoms with van der Waals surface area (Å²) in [7, 11) is 1.76. The molecule has 0 spiro atoms. The van der Waals surface area contributed by atoms with Gasteiger partial charge in [0.1, 0.15) is 5.75 Å². The van der Waals surface area contributed by atoms with E-state index in [1.165, 1.54) is 23.1 Å². The van der Waals surface area contributed by atoms with Crippen LogP contribution in [0.1, 0.15) is 55.8 Å². The first-order valence-electron chi connectivity index (χ1n) is 6.94. The van der Waals surface area contributed by atoms with Gasteiger partial charge >= 0.3 is 0 Å². The molecule has 0 aromatic heterocycles. The molecule has 100 valence electrons. The van der Waals surface area contributed by atoms with Crippen molar-refractivity contribution < 1.29 is 4.74 Å². The minimum absolute atomic E-state index is 0.498. The summed E-state index contributed by atoms with van der Waals surface area (Å²) in [6.07, 6.45) is 1.24. The number of aryl methyl sites for hydroxylation is 1. The maximum atomic E-state index is 5.51. The maximum absolute atomic E-state index is 5.51. The maximum Gasteiger partial charge on any atom is 0.122 e. The highest BCUT2D eigenvalue weighted by Crippen LogP contribution is 2.35. The van der Waals surface area contributed by atoms with Gasteiger partial charge in [0.15, 0.2) is 0 Å². The number of ether oxygens (including phenoxy) is 1. The Balaban J connectivity index is 2.38. The molecule has 1 aromatic carbocycles. The lowest BCUT2D eigenvalue weighted by Crippen LogP contribution is -2.15. The van der Waals surface area contributed by atoms with E-state index in [1.54, 1.807) is 7.11 Å². The smallest absolute Gasteiger partial charge is 0.122 e. The van der Waals surface area contributed by atoms with E-state index in [4.69, 9.17) is 4.74 Å². The van der Waals surface area contributed by atoms with Crippen LogP contribution in [0.3, 0.4) is 0 Å². The van der Waals surface area contributed by atoms with Crippen LogP contribution in [0.2, 0.25) is 0 Å². The summed E-state index contributed by atoms with van der Waals surface area (Å²) in [4.78, 5) is 0. The number of methoxy groups -OCH3 is 1. The normalized spacial score (nSPS) is 23.7. The molecule has 1 N–H and O–H groups in total. The topological polar surface area (TPSA) is 21.3 Å². The van der Waals surface area contributed by atoms with Crippen LogP contribution in [-0.2, 0) is 0 Å². The highest BCUT2D eigenvalue weighted by molar-refractivity contribution is 5.45. The molecule has 1 saturated heterocycles. The summed E-state index contributed by atoms with van der Waals surface area (Å²) in [5, 5.41) is 3.63. The predicted octanol–water partition coefficient (Wildman–Crippen LogP) is 3.80. The van der Waals surface area contributed by atoms with Gasteiger partial charge in [-0.15, -0.1) is 0 Å². The molecule has 18 heavy (non-hydrogen) atoms. The van der Waals surface area contributed by atoms with Gasteiger partial charge in [-0.05, 0) is 54.5 Å². The monoisotopic (exact) mass is 247 g/mol. The molecule has 0 radical (unpaired) electrons. The molecule has 0 saturated carbocycles. The van der Waals surface area contributed by atoms with Crippen molar-refractivity contribution in [3.8, 4) is 5.75 Å². The van der Waals surface area contributed by atoms with Crippen LogP contribution < -0.4 is 10.1 Å². The Morgan fingerprint density at radius 3 is 2.56 bits per heavy atom. The van der Waals surface area contributed by atoms with Crippen LogP contribution in [0.15, 0.2) is 12.1 Å². The van der Waals surface area contributed by atoms with E-state index in [2.05, 4.69) is 45.1 Å². The van der Waals surface area contributed by atoms with Crippen LogP contribution in [0.5, 0.6) is 5.75 Å². The second-order valence-electron chi connectivity index (χ2n) is 5.91. The summed E-state index contributed by atoms with van der Waals surface area (Å²) < 4.78 is 5.51. The quantitative estimate of drug-likeness (QED) is 0.877. The fraction of sp³-hybridized carbons (Fsp3) is 0.625. The van der Waals surface area contributed by atoms with E-state index in [0.29, 0.717) is 12.0 Å². The summed E-state index contributed by atoms with van der Waals surface area (Å²) in [5.41, 5.74) is 4.10. The molecule has 2 rings (SSSR count). The van der Waals surface area contributed by atoms with Gasteiger partial charge in [0.05, 0.1) is 7.11 Å². The van der Waals surface area contributed by atoms with Crippen molar-refractivity contribution in [3.63, 3.8) is 0 Å². The summed E-state index contributed by atoms with van der Waals surface area (Å²) in [5.74, 6) is 2.30. The molecule has 1 aromatic rings. The molecule has 0 aliphatic carbocycles. The van der Waals surface area contributed by atoms with E-state index in [-0.39, 0.29) is 0 Å². The third kappa shape index (κ3) is 2.54. The number of hydrogen-bond donors (Lipinski definition) is 1. The minimum Gasteiger partial charge on any atom is -0.496 e. The van der Waals surface area contributed by atoms with Crippen molar-refractivity contribution >= 4 is 0 Å². The van der Waals surface area contributed by atoms with Gasteiger partial charge in [0.2, 0.25) is 0 Å². The molecule has 0 bridgehead atoms. The Labute approximate surface area is 111 Å².